The molecule has 0 bridgehead atoms. The Labute approximate surface area is 101 Å². The Morgan fingerprint density at radius 3 is 2.82 bits per heavy atom. The highest BCUT2D eigenvalue weighted by molar-refractivity contribution is 5.92. The number of carbonyl (C=O) groups excluding carboxylic acids is 1. The Hall–Kier alpha value is -1.69. The van der Waals surface area contributed by atoms with Crippen LogP contribution in [0.4, 0.5) is 0 Å². The first kappa shape index (κ1) is 13.4. The standard InChI is InChI=1S/C11H18N4O2/c1-8(2)13-4-3-7-17-11-9(10(12)16)14-5-6-15-11/h5-6,8,13H,3-4,7H2,1-2H3,(H2,12,16). The molecular formula is C11H18N4O2. The van der Waals surface area contributed by atoms with E-state index in [4.69, 9.17) is 10.5 Å². The van der Waals surface area contributed by atoms with Crippen LogP contribution in [0.1, 0.15) is 30.8 Å². The van der Waals surface area contributed by atoms with Gasteiger partial charge in [-0.1, -0.05) is 13.8 Å². The second-order valence-electron chi connectivity index (χ2n) is 3.89. The third-order valence-electron chi connectivity index (χ3n) is 2.01. The molecule has 0 aliphatic carbocycles. The van der Waals surface area contributed by atoms with E-state index in [0.29, 0.717) is 12.6 Å². The lowest BCUT2D eigenvalue weighted by Crippen LogP contribution is -2.25. The number of hydrogen-bond acceptors (Lipinski definition) is 5. The first-order chi connectivity index (χ1) is 8.11. The van der Waals surface area contributed by atoms with Crippen molar-refractivity contribution in [3.8, 4) is 5.88 Å². The fraction of sp³-hybridized carbons (Fsp3) is 0.545. The summed E-state index contributed by atoms with van der Waals surface area (Å²) in [4.78, 5) is 18.8. The van der Waals surface area contributed by atoms with Crippen LogP contribution in [0.15, 0.2) is 12.4 Å². The smallest absolute Gasteiger partial charge is 0.272 e. The summed E-state index contributed by atoms with van der Waals surface area (Å²) in [7, 11) is 0. The summed E-state index contributed by atoms with van der Waals surface area (Å²) < 4.78 is 5.37. The van der Waals surface area contributed by atoms with Crippen molar-refractivity contribution in [1.29, 1.82) is 0 Å². The monoisotopic (exact) mass is 238 g/mol. The molecule has 0 unspecified atom stereocenters. The van der Waals surface area contributed by atoms with E-state index in [-0.39, 0.29) is 11.6 Å². The van der Waals surface area contributed by atoms with Gasteiger partial charge in [-0.2, -0.15) is 0 Å². The summed E-state index contributed by atoms with van der Waals surface area (Å²) in [6.07, 6.45) is 3.70. The van der Waals surface area contributed by atoms with E-state index in [9.17, 15) is 4.79 Å². The molecule has 17 heavy (non-hydrogen) atoms. The molecule has 0 fully saturated rings. The van der Waals surface area contributed by atoms with Crippen molar-refractivity contribution in [3.05, 3.63) is 18.1 Å². The normalized spacial score (nSPS) is 10.5. The predicted octanol–water partition coefficient (Wildman–Crippen LogP) is 0.342. The van der Waals surface area contributed by atoms with Gasteiger partial charge in [-0.05, 0) is 13.0 Å². The summed E-state index contributed by atoms with van der Waals surface area (Å²) in [6, 6.07) is 0.452. The van der Waals surface area contributed by atoms with Crippen molar-refractivity contribution in [3.63, 3.8) is 0 Å². The molecule has 0 saturated heterocycles. The number of amides is 1. The van der Waals surface area contributed by atoms with E-state index in [1.165, 1.54) is 12.4 Å². The van der Waals surface area contributed by atoms with E-state index < -0.39 is 5.91 Å². The highest BCUT2D eigenvalue weighted by atomic mass is 16.5. The Morgan fingerprint density at radius 2 is 2.18 bits per heavy atom. The maximum atomic E-state index is 11.0. The number of primary amides is 1. The number of aromatic nitrogens is 2. The first-order valence-corrected chi connectivity index (χ1v) is 5.58. The second-order valence-corrected chi connectivity index (χ2v) is 3.89. The Morgan fingerprint density at radius 1 is 1.47 bits per heavy atom. The minimum Gasteiger partial charge on any atom is -0.476 e. The molecule has 0 atom stereocenters. The van der Waals surface area contributed by atoms with Gasteiger partial charge in [0.05, 0.1) is 6.61 Å². The van der Waals surface area contributed by atoms with Crippen LogP contribution in [-0.2, 0) is 0 Å². The molecule has 94 valence electrons. The lowest BCUT2D eigenvalue weighted by Gasteiger charge is -2.09. The lowest BCUT2D eigenvalue weighted by molar-refractivity contribution is 0.0990. The minimum absolute atomic E-state index is 0.0734. The average molecular weight is 238 g/mol. The van der Waals surface area contributed by atoms with Gasteiger partial charge in [0.1, 0.15) is 0 Å². The minimum atomic E-state index is -0.631. The largest absolute Gasteiger partial charge is 0.476 e. The molecule has 1 amide bonds. The Kier molecular flexibility index (Phi) is 5.35. The Bertz CT molecular complexity index is 368. The number of hydrogen-bond donors (Lipinski definition) is 2. The Balaban J connectivity index is 2.39. The van der Waals surface area contributed by atoms with Gasteiger partial charge in [0.15, 0.2) is 5.69 Å². The van der Waals surface area contributed by atoms with Crippen molar-refractivity contribution in [2.45, 2.75) is 26.3 Å². The molecule has 0 radical (unpaired) electrons. The molecule has 0 aliphatic heterocycles. The topological polar surface area (TPSA) is 90.1 Å². The number of nitrogens with one attached hydrogen (secondary N) is 1. The van der Waals surface area contributed by atoms with Gasteiger partial charge in [0.2, 0.25) is 5.88 Å². The first-order valence-electron chi connectivity index (χ1n) is 5.58. The van der Waals surface area contributed by atoms with Gasteiger partial charge in [-0.3, -0.25) is 4.79 Å². The van der Waals surface area contributed by atoms with E-state index in [1.807, 2.05) is 0 Å². The van der Waals surface area contributed by atoms with Gasteiger partial charge >= 0.3 is 0 Å². The summed E-state index contributed by atoms with van der Waals surface area (Å²) in [5, 5.41) is 3.26. The third-order valence-corrected chi connectivity index (χ3v) is 2.01. The molecule has 1 rings (SSSR count). The molecule has 0 aliphatic rings. The van der Waals surface area contributed by atoms with Crippen LogP contribution in [0, 0.1) is 0 Å². The summed E-state index contributed by atoms with van der Waals surface area (Å²) in [5.74, 6) is -0.432. The second kappa shape index (κ2) is 6.80. The number of nitrogens with zero attached hydrogens (tertiary/aromatic N) is 2. The van der Waals surface area contributed by atoms with Crippen molar-refractivity contribution in [2.24, 2.45) is 5.73 Å². The molecule has 6 heteroatoms. The van der Waals surface area contributed by atoms with Gasteiger partial charge in [-0.25, -0.2) is 9.97 Å². The lowest BCUT2D eigenvalue weighted by atomic mass is 10.3. The summed E-state index contributed by atoms with van der Waals surface area (Å²) in [5.41, 5.74) is 5.22. The highest BCUT2D eigenvalue weighted by Gasteiger charge is 2.11. The zero-order chi connectivity index (χ0) is 12.7. The van der Waals surface area contributed by atoms with E-state index in [0.717, 1.165) is 13.0 Å². The number of nitrogens with two attached hydrogens (primary N) is 1. The van der Waals surface area contributed by atoms with E-state index in [1.54, 1.807) is 0 Å². The van der Waals surface area contributed by atoms with Crippen molar-refractivity contribution >= 4 is 5.91 Å². The maximum Gasteiger partial charge on any atom is 0.272 e. The van der Waals surface area contributed by atoms with Crippen LogP contribution in [0.25, 0.3) is 0 Å². The third kappa shape index (κ3) is 4.78. The number of rotatable bonds is 7. The molecule has 1 aromatic rings. The fourth-order valence-corrected chi connectivity index (χ4v) is 1.23. The van der Waals surface area contributed by atoms with Gasteiger partial charge in [0.25, 0.3) is 5.91 Å². The molecule has 0 saturated carbocycles. The molecule has 0 spiro atoms. The van der Waals surface area contributed by atoms with Crippen LogP contribution < -0.4 is 15.8 Å². The molecule has 3 N–H and O–H groups in total. The average Bonchev–Trinajstić information content (AvgIpc) is 2.28. The van der Waals surface area contributed by atoms with Crippen molar-refractivity contribution in [2.75, 3.05) is 13.2 Å². The summed E-state index contributed by atoms with van der Waals surface area (Å²) >= 11 is 0. The zero-order valence-electron chi connectivity index (χ0n) is 10.1. The predicted molar refractivity (Wildman–Crippen MR) is 63.8 cm³/mol. The molecule has 1 aromatic heterocycles. The highest BCUT2D eigenvalue weighted by Crippen LogP contribution is 2.10. The van der Waals surface area contributed by atoms with Crippen LogP contribution in [0.3, 0.4) is 0 Å². The van der Waals surface area contributed by atoms with Crippen LogP contribution >= 0.6 is 0 Å². The van der Waals surface area contributed by atoms with Crippen molar-refractivity contribution < 1.29 is 9.53 Å². The zero-order valence-corrected chi connectivity index (χ0v) is 10.1. The summed E-state index contributed by atoms with van der Waals surface area (Å²) in [6.45, 7) is 5.48. The van der Waals surface area contributed by atoms with E-state index in [2.05, 4.69) is 29.1 Å². The van der Waals surface area contributed by atoms with Crippen molar-refractivity contribution in [1.82, 2.24) is 15.3 Å². The quantitative estimate of drug-likeness (QED) is 0.669. The maximum absolute atomic E-state index is 11.0. The molecular weight excluding hydrogens is 220 g/mol. The van der Waals surface area contributed by atoms with Gasteiger partial charge in [0, 0.05) is 18.4 Å². The molecule has 1 heterocycles. The molecule has 6 nitrogen and oxygen atoms in total. The van der Waals surface area contributed by atoms with Crippen LogP contribution in [0.5, 0.6) is 5.88 Å². The SMILES string of the molecule is CC(C)NCCCOc1nccnc1C(N)=O. The fourth-order valence-electron chi connectivity index (χ4n) is 1.23. The van der Waals surface area contributed by atoms with E-state index >= 15 is 0 Å². The van der Waals surface area contributed by atoms with Gasteiger partial charge < -0.3 is 15.8 Å². The number of ether oxygens (including phenoxy) is 1. The van der Waals surface area contributed by atoms with Crippen LogP contribution in [0.2, 0.25) is 0 Å². The van der Waals surface area contributed by atoms with Crippen LogP contribution in [-0.4, -0.2) is 35.1 Å². The number of carbonyl (C=O) groups is 1. The van der Waals surface area contributed by atoms with Gasteiger partial charge in [-0.15, -0.1) is 0 Å². The molecule has 0 aromatic carbocycles.